The highest BCUT2D eigenvalue weighted by Crippen LogP contribution is 2.31. The maximum atomic E-state index is 6.25. The number of anilines is 1. The first-order chi connectivity index (χ1) is 9.66. The molecule has 0 unspecified atom stereocenters. The first-order valence-electron chi connectivity index (χ1n) is 6.57. The molecule has 0 saturated carbocycles. The summed E-state index contributed by atoms with van der Waals surface area (Å²) in [7, 11) is 0. The van der Waals surface area contributed by atoms with Crippen molar-refractivity contribution < 1.29 is 0 Å². The largest absolute Gasteiger partial charge is 0.389 e. The van der Waals surface area contributed by atoms with E-state index in [9.17, 15) is 0 Å². The van der Waals surface area contributed by atoms with Crippen LogP contribution in [0.15, 0.2) is 42.5 Å². The molecule has 2 nitrogen and oxygen atoms in total. The molecular weight excluding hydrogens is 288 g/mol. The summed E-state index contributed by atoms with van der Waals surface area (Å²) in [6, 6.07) is 14.3. The van der Waals surface area contributed by atoms with E-state index in [1.807, 2.05) is 18.2 Å². The summed E-state index contributed by atoms with van der Waals surface area (Å²) in [5, 5.41) is 0.619. The molecular formula is C16H15ClN2S. The van der Waals surface area contributed by atoms with Crippen molar-refractivity contribution in [1.29, 1.82) is 0 Å². The third-order valence-electron chi connectivity index (χ3n) is 3.71. The van der Waals surface area contributed by atoms with Gasteiger partial charge in [-0.15, -0.1) is 0 Å². The molecule has 0 spiro atoms. The van der Waals surface area contributed by atoms with Gasteiger partial charge in [-0.3, -0.25) is 0 Å². The van der Waals surface area contributed by atoms with E-state index < -0.39 is 0 Å². The van der Waals surface area contributed by atoms with E-state index in [2.05, 4.69) is 29.2 Å². The SMILES string of the molecule is NC(=S)c1c(Cl)cccc1N1CCc2ccccc2C1. The molecule has 1 heterocycles. The minimum Gasteiger partial charge on any atom is -0.389 e. The summed E-state index contributed by atoms with van der Waals surface area (Å²) in [5.41, 5.74) is 10.4. The third kappa shape index (κ3) is 2.39. The number of hydrogen-bond donors (Lipinski definition) is 1. The molecule has 0 saturated heterocycles. The van der Waals surface area contributed by atoms with Gasteiger partial charge < -0.3 is 10.6 Å². The van der Waals surface area contributed by atoms with Crippen LogP contribution < -0.4 is 10.6 Å². The minimum absolute atomic E-state index is 0.351. The van der Waals surface area contributed by atoms with Crippen molar-refractivity contribution in [1.82, 2.24) is 0 Å². The highest BCUT2D eigenvalue weighted by atomic mass is 35.5. The number of nitrogens with zero attached hydrogens (tertiary/aromatic N) is 1. The van der Waals surface area contributed by atoms with Crippen molar-refractivity contribution in [3.8, 4) is 0 Å². The van der Waals surface area contributed by atoms with E-state index in [0.717, 1.165) is 30.8 Å². The molecule has 2 aromatic rings. The van der Waals surface area contributed by atoms with Crippen molar-refractivity contribution >= 4 is 34.5 Å². The van der Waals surface area contributed by atoms with Gasteiger partial charge in [-0.2, -0.15) is 0 Å². The summed E-state index contributed by atoms with van der Waals surface area (Å²) in [6.45, 7) is 1.82. The van der Waals surface area contributed by atoms with Gasteiger partial charge in [0, 0.05) is 18.8 Å². The molecule has 4 heteroatoms. The fraction of sp³-hybridized carbons (Fsp3) is 0.188. The Morgan fingerprint density at radius 3 is 2.60 bits per heavy atom. The summed E-state index contributed by atoms with van der Waals surface area (Å²) in [5.74, 6) is 0. The third-order valence-corrected chi connectivity index (χ3v) is 4.23. The van der Waals surface area contributed by atoms with Crippen molar-refractivity contribution in [3.05, 3.63) is 64.2 Å². The van der Waals surface area contributed by atoms with E-state index in [0.29, 0.717) is 10.0 Å². The topological polar surface area (TPSA) is 29.3 Å². The zero-order valence-electron chi connectivity index (χ0n) is 11.0. The molecule has 2 N–H and O–H groups in total. The molecule has 1 aliphatic rings. The number of halogens is 1. The molecule has 0 atom stereocenters. The van der Waals surface area contributed by atoms with Gasteiger partial charge in [-0.1, -0.05) is 54.2 Å². The van der Waals surface area contributed by atoms with E-state index in [-0.39, 0.29) is 0 Å². The number of fused-ring (bicyclic) bond motifs is 1. The summed E-state index contributed by atoms with van der Waals surface area (Å²) < 4.78 is 0. The van der Waals surface area contributed by atoms with Crippen LogP contribution in [-0.4, -0.2) is 11.5 Å². The molecule has 0 fully saturated rings. The molecule has 0 amide bonds. The lowest BCUT2D eigenvalue weighted by Crippen LogP contribution is -2.32. The average Bonchev–Trinajstić information content (AvgIpc) is 2.46. The van der Waals surface area contributed by atoms with E-state index >= 15 is 0 Å². The molecule has 2 aromatic carbocycles. The predicted molar refractivity (Wildman–Crippen MR) is 88.5 cm³/mol. The van der Waals surface area contributed by atoms with E-state index in [4.69, 9.17) is 29.6 Å². The van der Waals surface area contributed by atoms with E-state index in [1.165, 1.54) is 11.1 Å². The molecule has 1 aliphatic heterocycles. The highest BCUT2D eigenvalue weighted by Gasteiger charge is 2.20. The van der Waals surface area contributed by atoms with Gasteiger partial charge in [0.25, 0.3) is 0 Å². The van der Waals surface area contributed by atoms with Crippen LogP contribution in [0.25, 0.3) is 0 Å². The van der Waals surface area contributed by atoms with Crippen molar-refractivity contribution in [2.24, 2.45) is 5.73 Å². The van der Waals surface area contributed by atoms with Crippen LogP contribution >= 0.6 is 23.8 Å². The van der Waals surface area contributed by atoms with Crippen LogP contribution in [0.2, 0.25) is 5.02 Å². The molecule has 0 aromatic heterocycles. The van der Waals surface area contributed by atoms with Crippen LogP contribution in [0.5, 0.6) is 0 Å². The Labute approximate surface area is 129 Å². The Bertz CT molecular complexity index is 669. The molecule has 20 heavy (non-hydrogen) atoms. The lowest BCUT2D eigenvalue weighted by molar-refractivity contribution is 0.731. The van der Waals surface area contributed by atoms with Crippen LogP contribution in [0.4, 0.5) is 5.69 Å². The zero-order valence-corrected chi connectivity index (χ0v) is 12.5. The van der Waals surface area contributed by atoms with Gasteiger partial charge in [0.15, 0.2) is 0 Å². The monoisotopic (exact) mass is 302 g/mol. The van der Waals surface area contributed by atoms with Gasteiger partial charge in [0.1, 0.15) is 4.99 Å². The van der Waals surface area contributed by atoms with E-state index in [1.54, 1.807) is 0 Å². The Hall–Kier alpha value is -1.58. The standard InChI is InChI=1S/C16H15ClN2S/c17-13-6-3-7-14(15(13)16(18)20)19-9-8-11-4-1-2-5-12(11)10-19/h1-7H,8-10H2,(H2,18,20). The molecule has 3 rings (SSSR count). The Kier molecular flexibility index (Phi) is 3.64. The van der Waals surface area contributed by atoms with Crippen LogP contribution in [0, 0.1) is 0 Å². The Morgan fingerprint density at radius 1 is 1.10 bits per heavy atom. The van der Waals surface area contributed by atoms with Crippen molar-refractivity contribution in [2.75, 3.05) is 11.4 Å². The highest BCUT2D eigenvalue weighted by molar-refractivity contribution is 7.80. The first kappa shape index (κ1) is 13.4. The molecule has 0 bridgehead atoms. The molecule has 102 valence electrons. The fourth-order valence-electron chi connectivity index (χ4n) is 2.72. The van der Waals surface area contributed by atoms with Crippen molar-refractivity contribution in [3.63, 3.8) is 0 Å². The normalized spacial score (nSPS) is 13.9. The van der Waals surface area contributed by atoms with Gasteiger partial charge in [0.05, 0.1) is 10.6 Å². The lowest BCUT2D eigenvalue weighted by Gasteiger charge is -2.32. The fourth-order valence-corrected chi connectivity index (χ4v) is 3.26. The quantitative estimate of drug-likeness (QED) is 0.861. The maximum absolute atomic E-state index is 6.25. The average molecular weight is 303 g/mol. The molecule has 0 aliphatic carbocycles. The number of benzene rings is 2. The first-order valence-corrected chi connectivity index (χ1v) is 7.35. The van der Waals surface area contributed by atoms with Gasteiger partial charge in [-0.25, -0.2) is 0 Å². The Morgan fingerprint density at radius 2 is 1.85 bits per heavy atom. The van der Waals surface area contributed by atoms with Gasteiger partial charge in [-0.05, 0) is 29.7 Å². The van der Waals surface area contributed by atoms with Crippen LogP contribution in [0.1, 0.15) is 16.7 Å². The Balaban J connectivity index is 2.00. The number of thiocarbonyl (C=S) groups is 1. The lowest BCUT2D eigenvalue weighted by atomic mass is 9.98. The summed E-state index contributed by atoms with van der Waals surface area (Å²) >= 11 is 11.4. The second-order valence-electron chi connectivity index (χ2n) is 4.94. The number of hydrogen-bond acceptors (Lipinski definition) is 2. The summed E-state index contributed by atoms with van der Waals surface area (Å²) in [6.07, 6.45) is 1.03. The van der Waals surface area contributed by atoms with Gasteiger partial charge >= 0.3 is 0 Å². The zero-order chi connectivity index (χ0) is 14.1. The second kappa shape index (κ2) is 5.43. The van der Waals surface area contributed by atoms with Crippen LogP contribution in [0.3, 0.4) is 0 Å². The van der Waals surface area contributed by atoms with Gasteiger partial charge in [0.2, 0.25) is 0 Å². The number of rotatable bonds is 2. The second-order valence-corrected chi connectivity index (χ2v) is 5.79. The number of nitrogens with two attached hydrogens (primary N) is 1. The summed E-state index contributed by atoms with van der Waals surface area (Å²) in [4.78, 5) is 2.65. The molecule has 0 radical (unpaired) electrons. The maximum Gasteiger partial charge on any atom is 0.107 e. The smallest absolute Gasteiger partial charge is 0.107 e. The minimum atomic E-state index is 0.351. The van der Waals surface area contributed by atoms with Crippen molar-refractivity contribution in [2.45, 2.75) is 13.0 Å². The van der Waals surface area contributed by atoms with Crippen LogP contribution in [-0.2, 0) is 13.0 Å². The predicted octanol–water partition coefficient (Wildman–Crippen LogP) is 3.54.